The largest absolute Gasteiger partial charge is 0.476 e. The van der Waals surface area contributed by atoms with Gasteiger partial charge in [-0.15, -0.1) is 0 Å². The number of hydrogen-bond acceptors (Lipinski definition) is 4. The Bertz CT molecular complexity index is 990. The maximum atomic E-state index is 13.1. The third-order valence-corrected chi connectivity index (χ3v) is 6.21. The van der Waals surface area contributed by atoms with Gasteiger partial charge in [-0.05, 0) is 54.9 Å². The van der Waals surface area contributed by atoms with Crippen LogP contribution in [-0.4, -0.2) is 51.0 Å². The summed E-state index contributed by atoms with van der Waals surface area (Å²) in [4.78, 5) is 25.2. The molecule has 1 aliphatic heterocycles. The van der Waals surface area contributed by atoms with E-state index in [9.17, 15) is 22.8 Å². The van der Waals surface area contributed by atoms with Crippen molar-refractivity contribution in [2.75, 3.05) is 13.1 Å². The number of halogens is 3. The second-order valence-corrected chi connectivity index (χ2v) is 8.15. The number of alkyl halides is 3. The number of fused-ring (bicyclic) bond motifs is 1. The van der Waals surface area contributed by atoms with Crippen molar-refractivity contribution in [3.8, 4) is 0 Å². The number of amides is 1. The number of likely N-dealkylation sites (tertiary alicyclic amines) is 1. The molecule has 1 N–H and O–H groups in total. The highest BCUT2D eigenvalue weighted by Crippen LogP contribution is 2.40. The number of aromatic nitrogens is 2. The molecule has 166 valence electrons. The van der Waals surface area contributed by atoms with Crippen LogP contribution in [0.15, 0.2) is 30.5 Å². The number of ether oxygens (including phenoxy) is 1. The van der Waals surface area contributed by atoms with E-state index in [1.54, 1.807) is 11.0 Å². The highest BCUT2D eigenvalue weighted by Gasteiger charge is 2.43. The van der Waals surface area contributed by atoms with Gasteiger partial charge in [0.05, 0.1) is 18.3 Å². The minimum absolute atomic E-state index is 0.0653. The molecular formula is C21H22F3N3O4. The molecule has 2 fully saturated rings. The SMILES string of the molecule is Cc1c(COC2CC3CN(C(=O)n4ccc(C(=O)O)n4)CC3C2)cccc1C(F)(F)F. The zero-order chi connectivity index (χ0) is 22.3. The van der Waals surface area contributed by atoms with Gasteiger partial charge in [-0.1, -0.05) is 12.1 Å². The Kier molecular flexibility index (Phi) is 5.50. The van der Waals surface area contributed by atoms with Gasteiger partial charge in [0.15, 0.2) is 5.69 Å². The Morgan fingerprint density at radius 1 is 1.19 bits per heavy atom. The van der Waals surface area contributed by atoms with Crippen LogP contribution in [0.2, 0.25) is 0 Å². The fourth-order valence-electron chi connectivity index (χ4n) is 4.58. The summed E-state index contributed by atoms with van der Waals surface area (Å²) >= 11 is 0. The maximum Gasteiger partial charge on any atom is 0.416 e. The molecule has 10 heteroatoms. The molecule has 7 nitrogen and oxygen atoms in total. The van der Waals surface area contributed by atoms with E-state index in [2.05, 4.69) is 5.10 Å². The van der Waals surface area contributed by atoms with E-state index < -0.39 is 17.7 Å². The van der Waals surface area contributed by atoms with Crippen LogP contribution < -0.4 is 0 Å². The molecule has 1 saturated carbocycles. The maximum absolute atomic E-state index is 13.1. The number of hydrogen-bond donors (Lipinski definition) is 1. The first kappa shape index (κ1) is 21.4. The van der Waals surface area contributed by atoms with Crippen molar-refractivity contribution in [1.29, 1.82) is 0 Å². The third-order valence-electron chi connectivity index (χ3n) is 6.21. The van der Waals surface area contributed by atoms with Gasteiger partial charge in [-0.3, -0.25) is 0 Å². The number of nitrogens with zero attached hydrogens (tertiary/aromatic N) is 3. The lowest BCUT2D eigenvalue weighted by atomic mass is 10.0. The normalized spacial score (nSPS) is 23.2. The van der Waals surface area contributed by atoms with Crippen LogP contribution in [0.25, 0.3) is 0 Å². The molecular weight excluding hydrogens is 415 g/mol. The van der Waals surface area contributed by atoms with Gasteiger partial charge >= 0.3 is 18.2 Å². The van der Waals surface area contributed by atoms with Crippen molar-refractivity contribution in [1.82, 2.24) is 14.7 Å². The summed E-state index contributed by atoms with van der Waals surface area (Å²) in [5.41, 5.74) is -0.122. The van der Waals surface area contributed by atoms with Crippen LogP contribution in [0, 0.1) is 18.8 Å². The van der Waals surface area contributed by atoms with Gasteiger partial charge in [0.1, 0.15) is 0 Å². The molecule has 2 atom stereocenters. The van der Waals surface area contributed by atoms with Crippen molar-refractivity contribution < 1.29 is 32.6 Å². The minimum Gasteiger partial charge on any atom is -0.476 e. The quantitative estimate of drug-likeness (QED) is 0.787. The van der Waals surface area contributed by atoms with E-state index in [0.717, 1.165) is 23.6 Å². The molecule has 1 aliphatic carbocycles. The number of benzene rings is 1. The summed E-state index contributed by atoms with van der Waals surface area (Å²) in [5, 5.41) is 12.7. The Labute approximate surface area is 176 Å². The lowest BCUT2D eigenvalue weighted by Gasteiger charge is -2.20. The first-order valence-corrected chi connectivity index (χ1v) is 9.99. The Hall–Kier alpha value is -2.88. The number of aromatic carboxylic acids is 1. The van der Waals surface area contributed by atoms with Gasteiger partial charge in [0.2, 0.25) is 0 Å². The molecule has 2 heterocycles. The van der Waals surface area contributed by atoms with E-state index in [-0.39, 0.29) is 41.8 Å². The molecule has 0 radical (unpaired) electrons. The molecule has 1 saturated heterocycles. The highest BCUT2D eigenvalue weighted by molar-refractivity contribution is 5.86. The molecule has 4 rings (SSSR count). The van der Waals surface area contributed by atoms with Crippen molar-refractivity contribution in [2.45, 2.75) is 38.7 Å². The van der Waals surface area contributed by atoms with Crippen molar-refractivity contribution in [3.05, 3.63) is 52.8 Å². The highest BCUT2D eigenvalue weighted by atomic mass is 19.4. The standard InChI is InChI=1S/C21H22F3N3O4/c1-12-13(3-2-4-17(12)21(22,23)24)11-31-16-7-14-9-26(10-15(14)8-16)20(30)27-6-5-18(25-27)19(28)29/h2-6,14-16H,7-11H2,1H3,(H,28,29). The summed E-state index contributed by atoms with van der Waals surface area (Å²) in [6, 6.07) is 5.03. The predicted octanol–water partition coefficient (Wildman–Crippen LogP) is 3.80. The summed E-state index contributed by atoms with van der Waals surface area (Å²) in [5.74, 6) is -0.710. The smallest absolute Gasteiger partial charge is 0.416 e. The van der Waals surface area contributed by atoms with Crippen LogP contribution in [-0.2, 0) is 17.5 Å². The van der Waals surface area contributed by atoms with Crippen molar-refractivity contribution in [2.24, 2.45) is 11.8 Å². The monoisotopic (exact) mass is 437 g/mol. The van der Waals surface area contributed by atoms with Crippen molar-refractivity contribution >= 4 is 12.0 Å². The minimum atomic E-state index is -4.39. The summed E-state index contributed by atoms with van der Waals surface area (Å²) in [6.07, 6.45) is -1.66. The van der Waals surface area contributed by atoms with E-state index >= 15 is 0 Å². The Morgan fingerprint density at radius 2 is 1.87 bits per heavy atom. The van der Waals surface area contributed by atoms with Crippen LogP contribution in [0.1, 0.15) is 40.0 Å². The van der Waals surface area contributed by atoms with E-state index in [4.69, 9.17) is 9.84 Å². The molecule has 2 unspecified atom stereocenters. The van der Waals surface area contributed by atoms with Gasteiger partial charge in [-0.25, -0.2) is 9.59 Å². The Balaban J connectivity index is 1.32. The topological polar surface area (TPSA) is 84.7 Å². The van der Waals surface area contributed by atoms with E-state index in [1.807, 2.05) is 0 Å². The van der Waals surface area contributed by atoms with Gasteiger partial charge in [-0.2, -0.15) is 23.0 Å². The van der Waals surface area contributed by atoms with Crippen LogP contribution in [0.3, 0.4) is 0 Å². The lowest BCUT2D eigenvalue weighted by molar-refractivity contribution is -0.138. The molecule has 2 aromatic rings. The molecule has 1 amide bonds. The second-order valence-electron chi connectivity index (χ2n) is 8.15. The van der Waals surface area contributed by atoms with Crippen LogP contribution >= 0.6 is 0 Å². The molecule has 0 spiro atoms. The molecule has 1 aromatic carbocycles. The molecule has 31 heavy (non-hydrogen) atoms. The fourth-order valence-corrected chi connectivity index (χ4v) is 4.58. The summed E-state index contributed by atoms with van der Waals surface area (Å²) in [7, 11) is 0. The fraction of sp³-hybridized carbons (Fsp3) is 0.476. The van der Waals surface area contributed by atoms with Crippen LogP contribution in [0.5, 0.6) is 0 Å². The average Bonchev–Trinajstić information content (AvgIpc) is 3.40. The van der Waals surface area contributed by atoms with Gasteiger partial charge < -0.3 is 14.7 Å². The number of carboxylic acids is 1. The molecule has 0 bridgehead atoms. The zero-order valence-electron chi connectivity index (χ0n) is 16.8. The van der Waals surface area contributed by atoms with Crippen LogP contribution in [0.4, 0.5) is 18.0 Å². The average molecular weight is 437 g/mol. The molecule has 1 aromatic heterocycles. The summed E-state index contributed by atoms with van der Waals surface area (Å²) < 4.78 is 46.2. The lowest BCUT2D eigenvalue weighted by Crippen LogP contribution is -2.34. The number of carbonyl (C=O) groups excluding carboxylic acids is 1. The van der Waals surface area contributed by atoms with E-state index in [1.165, 1.54) is 25.3 Å². The van der Waals surface area contributed by atoms with Gasteiger partial charge in [0, 0.05) is 19.3 Å². The number of carbonyl (C=O) groups is 2. The van der Waals surface area contributed by atoms with Crippen molar-refractivity contribution in [3.63, 3.8) is 0 Å². The zero-order valence-corrected chi connectivity index (χ0v) is 16.8. The second kappa shape index (κ2) is 7.99. The number of rotatable bonds is 4. The first-order valence-electron chi connectivity index (χ1n) is 9.99. The first-order chi connectivity index (χ1) is 14.6. The Morgan fingerprint density at radius 3 is 2.45 bits per heavy atom. The summed E-state index contributed by atoms with van der Waals surface area (Å²) in [6.45, 7) is 2.62. The van der Waals surface area contributed by atoms with Gasteiger partial charge in [0.25, 0.3) is 0 Å². The predicted molar refractivity (Wildman–Crippen MR) is 103 cm³/mol. The number of carboxylic acid groups (broad SMARTS) is 1. The van der Waals surface area contributed by atoms with E-state index in [0.29, 0.717) is 18.7 Å². The third kappa shape index (κ3) is 4.30. The molecule has 2 aliphatic rings.